The fourth-order valence-corrected chi connectivity index (χ4v) is 1.73. The molecule has 2 aromatic rings. The van der Waals surface area contributed by atoms with E-state index in [1.807, 2.05) is 0 Å². The second-order valence-corrected chi connectivity index (χ2v) is 4.04. The van der Waals surface area contributed by atoms with Crippen molar-refractivity contribution < 1.29 is 14.3 Å². The van der Waals surface area contributed by atoms with Crippen molar-refractivity contribution in [2.75, 3.05) is 19.5 Å². The van der Waals surface area contributed by atoms with E-state index in [1.165, 1.54) is 6.33 Å². The molecule has 2 rings (SSSR count). The number of carbonyl (C=O) groups is 1. The van der Waals surface area contributed by atoms with Crippen LogP contribution in [0, 0.1) is 0 Å². The molecule has 0 spiro atoms. The lowest BCUT2D eigenvalue weighted by atomic mass is 10.2. The quantitative estimate of drug-likeness (QED) is 0.897. The van der Waals surface area contributed by atoms with E-state index in [0.717, 1.165) is 5.56 Å². The minimum atomic E-state index is -0.146. The van der Waals surface area contributed by atoms with Gasteiger partial charge in [0.1, 0.15) is 6.33 Å². The van der Waals surface area contributed by atoms with Crippen LogP contribution in [0.15, 0.2) is 36.9 Å². The van der Waals surface area contributed by atoms with Crippen LogP contribution in [-0.4, -0.2) is 30.1 Å². The van der Waals surface area contributed by atoms with Gasteiger partial charge in [0, 0.05) is 24.1 Å². The first-order valence-corrected chi connectivity index (χ1v) is 5.98. The van der Waals surface area contributed by atoms with E-state index >= 15 is 0 Å². The van der Waals surface area contributed by atoms with Gasteiger partial charge in [-0.3, -0.25) is 4.79 Å². The Balaban J connectivity index is 2.04. The van der Waals surface area contributed by atoms with Crippen LogP contribution in [0.3, 0.4) is 0 Å². The van der Waals surface area contributed by atoms with Gasteiger partial charge in [-0.25, -0.2) is 9.97 Å². The maximum atomic E-state index is 11.9. The van der Waals surface area contributed by atoms with Crippen LogP contribution in [0.1, 0.15) is 5.56 Å². The topological polar surface area (TPSA) is 73.3 Å². The molecule has 1 aromatic heterocycles. The van der Waals surface area contributed by atoms with E-state index in [4.69, 9.17) is 9.47 Å². The predicted octanol–water partition coefficient (Wildman–Crippen LogP) is 1.67. The summed E-state index contributed by atoms with van der Waals surface area (Å²) in [5, 5.41) is 2.79. The monoisotopic (exact) mass is 273 g/mol. The average molecular weight is 273 g/mol. The molecule has 0 saturated heterocycles. The number of carbonyl (C=O) groups excluding carboxylic acids is 1. The van der Waals surface area contributed by atoms with Crippen LogP contribution in [0.5, 0.6) is 11.5 Å². The summed E-state index contributed by atoms with van der Waals surface area (Å²) in [6.07, 6.45) is 4.87. The standard InChI is InChI=1S/C14H15N3O3/c1-19-12-4-3-11(6-13(12)20-2)17-14(18)5-10-7-15-9-16-8-10/h3-4,6-9H,5H2,1-2H3,(H,17,18). The Hall–Kier alpha value is -2.63. The maximum absolute atomic E-state index is 11.9. The molecule has 0 atom stereocenters. The Morgan fingerprint density at radius 2 is 1.85 bits per heavy atom. The molecule has 0 aliphatic rings. The third kappa shape index (κ3) is 3.44. The van der Waals surface area contributed by atoms with Crippen LogP contribution >= 0.6 is 0 Å². The van der Waals surface area contributed by atoms with E-state index in [9.17, 15) is 4.79 Å². The zero-order valence-corrected chi connectivity index (χ0v) is 11.3. The summed E-state index contributed by atoms with van der Waals surface area (Å²) in [7, 11) is 3.11. The third-order valence-corrected chi connectivity index (χ3v) is 2.65. The van der Waals surface area contributed by atoms with Gasteiger partial charge >= 0.3 is 0 Å². The smallest absolute Gasteiger partial charge is 0.228 e. The molecule has 1 aromatic carbocycles. The highest BCUT2D eigenvalue weighted by Gasteiger charge is 2.08. The van der Waals surface area contributed by atoms with Crippen molar-refractivity contribution in [3.05, 3.63) is 42.5 Å². The first-order valence-electron chi connectivity index (χ1n) is 5.98. The molecular formula is C14H15N3O3. The number of benzene rings is 1. The first kappa shape index (κ1) is 13.8. The van der Waals surface area contributed by atoms with Crippen LogP contribution in [-0.2, 0) is 11.2 Å². The molecule has 1 heterocycles. The molecule has 20 heavy (non-hydrogen) atoms. The number of aromatic nitrogens is 2. The van der Waals surface area contributed by atoms with E-state index < -0.39 is 0 Å². The van der Waals surface area contributed by atoms with Crippen LogP contribution < -0.4 is 14.8 Å². The summed E-state index contributed by atoms with van der Waals surface area (Å²) in [5.74, 6) is 1.03. The molecule has 0 saturated carbocycles. The Bertz CT molecular complexity index is 587. The lowest BCUT2D eigenvalue weighted by Crippen LogP contribution is -2.14. The van der Waals surface area contributed by atoms with Crippen molar-refractivity contribution in [1.29, 1.82) is 0 Å². The number of anilines is 1. The van der Waals surface area contributed by atoms with Gasteiger partial charge in [-0.1, -0.05) is 0 Å². The van der Waals surface area contributed by atoms with Gasteiger partial charge in [0.25, 0.3) is 0 Å². The summed E-state index contributed by atoms with van der Waals surface area (Å²) in [4.78, 5) is 19.6. The number of methoxy groups -OCH3 is 2. The normalized spacial score (nSPS) is 9.90. The van der Waals surface area contributed by atoms with Crippen molar-refractivity contribution in [1.82, 2.24) is 9.97 Å². The van der Waals surface area contributed by atoms with Gasteiger partial charge in [-0.2, -0.15) is 0 Å². The first-order chi connectivity index (χ1) is 9.72. The molecule has 0 aliphatic carbocycles. The predicted molar refractivity (Wildman–Crippen MR) is 73.9 cm³/mol. The fraction of sp³-hybridized carbons (Fsp3) is 0.214. The van der Waals surface area contributed by atoms with Crippen molar-refractivity contribution in [3.63, 3.8) is 0 Å². The largest absolute Gasteiger partial charge is 0.493 e. The molecule has 6 heteroatoms. The van der Waals surface area contributed by atoms with Gasteiger partial charge in [-0.05, 0) is 17.7 Å². The van der Waals surface area contributed by atoms with Gasteiger partial charge in [0.05, 0.1) is 20.6 Å². The molecule has 0 aliphatic heterocycles. The molecule has 0 unspecified atom stereocenters. The van der Waals surface area contributed by atoms with Gasteiger partial charge in [-0.15, -0.1) is 0 Å². The average Bonchev–Trinajstić information content (AvgIpc) is 2.48. The second-order valence-electron chi connectivity index (χ2n) is 4.04. The summed E-state index contributed by atoms with van der Waals surface area (Å²) >= 11 is 0. The van der Waals surface area contributed by atoms with Gasteiger partial charge < -0.3 is 14.8 Å². The fourth-order valence-electron chi connectivity index (χ4n) is 1.73. The summed E-state index contributed by atoms with van der Waals surface area (Å²) in [5.41, 5.74) is 1.40. The zero-order valence-electron chi connectivity index (χ0n) is 11.3. The van der Waals surface area contributed by atoms with Crippen molar-refractivity contribution in [2.45, 2.75) is 6.42 Å². The minimum absolute atomic E-state index is 0.146. The molecule has 104 valence electrons. The number of rotatable bonds is 5. The van der Waals surface area contributed by atoms with Gasteiger partial charge in [0.2, 0.25) is 5.91 Å². The summed E-state index contributed by atoms with van der Waals surface area (Å²) < 4.78 is 10.3. The molecule has 0 radical (unpaired) electrons. The highest BCUT2D eigenvalue weighted by Crippen LogP contribution is 2.29. The molecule has 0 bridgehead atoms. The second kappa shape index (κ2) is 6.51. The van der Waals surface area contributed by atoms with Crippen molar-refractivity contribution >= 4 is 11.6 Å². The number of amides is 1. The number of nitrogens with one attached hydrogen (secondary N) is 1. The third-order valence-electron chi connectivity index (χ3n) is 2.65. The van der Waals surface area contributed by atoms with E-state index in [2.05, 4.69) is 15.3 Å². The Labute approximate surface area is 116 Å². The molecule has 0 fully saturated rings. The number of ether oxygens (including phenoxy) is 2. The lowest BCUT2D eigenvalue weighted by Gasteiger charge is -2.10. The lowest BCUT2D eigenvalue weighted by molar-refractivity contribution is -0.115. The number of nitrogens with zero attached hydrogens (tertiary/aromatic N) is 2. The summed E-state index contributed by atoms with van der Waals surface area (Å²) in [6.45, 7) is 0. The van der Waals surface area contributed by atoms with Crippen LogP contribution in [0.4, 0.5) is 5.69 Å². The molecule has 1 N–H and O–H groups in total. The number of hydrogen-bond acceptors (Lipinski definition) is 5. The summed E-state index contributed by atoms with van der Waals surface area (Å²) in [6, 6.07) is 5.19. The SMILES string of the molecule is COc1ccc(NC(=O)Cc2cncnc2)cc1OC. The van der Waals surface area contributed by atoms with Crippen LogP contribution in [0.25, 0.3) is 0 Å². The van der Waals surface area contributed by atoms with E-state index in [1.54, 1.807) is 44.8 Å². The Kier molecular flexibility index (Phi) is 4.49. The molecular weight excluding hydrogens is 258 g/mol. The van der Waals surface area contributed by atoms with E-state index in [0.29, 0.717) is 17.2 Å². The Morgan fingerprint density at radius 3 is 2.50 bits per heavy atom. The highest BCUT2D eigenvalue weighted by atomic mass is 16.5. The van der Waals surface area contributed by atoms with Crippen LogP contribution in [0.2, 0.25) is 0 Å². The highest BCUT2D eigenvalue weighted by molar-refractivity contribution is 5.92. The Morgan fingerprint density at radius 1 is 1.15 bits per heavy atom. The molecule has 1 amide bonds. The van der Waals surface area contributed by atoms with E-state index in [-0.39, 0.29) is 12.3 Å². The van der Waals surface area contributed by atoms with Gasteiger partial charge in [0.15, 0.2) is 11.5 Å². The molecule has 6 nitrogen and oxygen atoms in total. The van der Waals surface area contributed by atoms with Crippen molar-refractivity contribution in [3.8, 4) is 11.5 Å². The zero-order chi connectivity index (χ0) is 14.4. The number of hydrogen-bond donors (Lipinski definition) is 1. The minimum Gasteiger partial charge on any atom is -0.493 e. The maximum Gasteiger partial charge on any atom is 0.228 e. The van der Waals surface area contributed by atoms with Crippen molar-refractivity contribution in [2.24, 2.45) is 0 Å².